The Labute approximate surface area is 132 Å². The van der Waals surface area contributed by atoms with E-state index in [2.05, 4.69) is 33.8 Å². The highest BCUT2D eigenvalue weighted by molar-refractivity contribution is 9.10. The van der Waals surface area contributed by atoms with Crippen molar-refractivity contribution in [2.45, 2.75) is 13.0 Å². The molecule has 0 heterocycles. The van der Waals surface area contributed by atoms with Crippen LogP contribution in [0.3, 0.4) is 0 Å². The molecule has 2 aromatic carbocycles. The van der Waals surface area contributed by atoms with Crippen LogP contribution in [0.5, 0.6) is 0 Å². The van der Waals surface area contributed by atoms with Crippen molar-refractivity contribution >= 4 is 33.2 Å². The Kier molecular flexibility index (Phi) is 4.69. The minimum absolute atomic E-state index is 0.205. The highest BCUT2D eigenvalue weighted by Crippen LogP contribution is 2.32. The van der Waals surface area contributed by atoms with Crippen LogP contribution in [0.2, 0.25) is 5.02 Å². The van der Waals surface area contributed by atoms with Crippen molar-refractivity contribution in [3.05, 3.63) is 63.1 Å². The van der Waals surface area contributed by atoms with Crippen LogP contribution in [0.15, 0.2) is 46.9 Å². The first-order valence-electron chi connectivity index (χ1n) is 6.21. The van der Waals surface area contributed by atoms with Crippen molar-refractivity contribution in [1.29, 1.82) is 5.26 Å². The molecule has 1 unspecified atom stereocenters. The van der Waals surface area contributed by atoms with Gasteiger partial charge >= 0.3 is 0 Å². The van der Waals surface area contributed by atoms with Crippen LogP contribution in [0.4, 0.5) is 5.69 Å². The van der Waals surface area contributed by atoms with Crippen LogP contribution < -0.4 is 4.90 Å². The Hall–Kier alpha value is -1.50. The standard InChI is InChI=1S/C16H14BrClN2/c1-11(13-4-6-14(18)7-5-13)20(2)16-8-3-12(10-19)9-15(16)17/h3-9,11H,1-2H3. The Bertz CT molecular complexity index is 647. The summed E-state index contributed by atoms with van der Waals surface area (Å²) >= 11 is 9.45. The second kappa shape index (κ2) is 6.30. The van der Waals surface area contributed by atoms with Gasteiger partial charge in [-0.05, 0) is 58.7 Å². The number of anilines is 1. The molecule has 0 spiro atoms. The van der Waals surface area contributed by atoms with Crippen LogP contribution in [0, 0.1) is 11.3 Å². The zero-order valence-corrected chi connectivity index (χ0v) is 13.6. The predicted molar refractivity (Wildman–Crippen MR) is 87.1 cm³/mol. The van der Waals surface area contributed by atoms with E-state index in [0.29, 0.717) is 5.56 Å². The third-order valence-electron chi connectivity index (χ3n) is 3.39. The zero-order chi connectivity index (χ0) is 14.7. The summed E-state index contributed by atoms with van der Waals surface area (Å²) in [7, 11) is 2.03. The first-order chi connectivity index (χ1) is 9.52. The zero-order valence-electron chi connectivity index (χ0n) is 11.3. The molecule has 2 aromatic rings. The molecule has 4 heteroatoms. The number of nitrogens with zero attached hydrogens (tertiary/aromatic N) is 2. The second-order valence-electron chi connectivity index (χ2n) is 4.62. The molecule has 0 bridgehead atoms. The van der Waals surface area contributed by atoms with E-state index >= 15 is 0 Å². The van der Waals surface area contributed by atoms with Crippen molar-refractivity contribution < 1.29 is 0 Å². The Morgan fingerprint density at radius 3 is 2.40 bits per heavy atom. The van der Waals surface area contributed by atoms with Crippen molar-refractivity contribution in [1.82, 2.24) is 0 Å². The molecule has 0 amide bonds. The van der Waals surface area contributed by atoms with Gasteiger partial charge in [-0.25, -0.2) is 0 Å². The van der Waals surface area contributed by atoms with Crippen LogP contribution in [-0.4, -0.2) is 7.05 Å². The summed E-state index contributed by atoms with van der Waals surface area (Å²) in [4.78, 5) is 2.16. The van der Waals surface area contributed by atoms with Crippen molar-refractivity contribution in [3.63, 3.8) is 0 Å². The summed E-state index contributed by atoms with van der Waals surface area (Å²) in [6.07, 6.45) is 0. The van der Waals surface area contributed by atoms with E-state index < -0.39 is 0 Å². The van der Waals surface area contributed by atoms with Crippen molar-refractivity contribution in [2.75, 3.05) is 11.9 Å². The maximum Gasteiger partial charge on any atom is 0.0992 e. The normalized spacial score (nSPS) is 11.8. The fourth-order valence-corrected chi connectivity index (χ4v) is 2.82. The molecule has 2 nitrogen and oxygen atoms in total. The molecule has 102 valence electrons. The molecule has 0 saturated heterocycles. The number of rotatable bonds is 3. The Morgan fingerprint density at radius 2 is 1.85 bits per heavy atom. The molecule has 0 aliphatic carbocycles. The molecule has 0 radical (unpaired) electrons. The van der Waals surface area contributed by atoms with Gasteiger partial charge in [-0.15, -0.1) is 0 Å². The van der Waals surface area contributed by atoms with Gasteiger partial charge in [-0.1, -0.05) is 23.7 Å². The van der Waals surface area contributed by atoms with Gasteiger partial charge in [0.2, 0.25) is 0 Å². The average Bonchev–Trinajstić information content (AvgIpc) is 2.46. The number of hydrogen-bond acceptors (Lipinski definition) is 2. The second-order valence-corrected chi connectivity index (χ2v) is 5.91. The number of nitriles is 1. The molecular weight excluding hydrogens is 336 g/mol. The summed E-state index contributed by atoms with van der Waals surface area (Å²) in [6.45, 7) is 2.13. The molecule has 0 aromatic heterocycles. The average molecular weight is 350 g/mol. The quantitative estimate of drug-likeness (QED) is 0.764. The summed E-state index contributed by atoms with van der Waals surface area (Å²) in [5.74, 6) is 0. The topological polar surface area (TPSA) is 27.0 Å². The highest BCUT2D eigenvalue weighted by atomic mass is 79.9. The maximum absolute atomic E-state index is 8.91. The minimum Gasteiger partial charge on any atom is -0.367 e. The smallest absolute Gasteiger partial charge is 0.0992 e. The maximum atomic E-state index is 8.91. The van der Waals surface area contributed by atoms with E-state index in [0.717, 1.165) is 15.2 Å². The first-order valence-corrected chi connectivity index (χ1v) is 7.38. The van der Waals surface area contributed by atoms with Gasteiger partial charge in [0, 0.05) is 16.5 Å². The third kappa shape index (κ3) is 3.15. The summed E-state index contributed by atoms with van der Waals surface area (Å²) in [5, 5.41) is 9.65. The van der Waals surface area contributed by atoms with Gasteiger partial charge in [0.15, 0.2) is 0 Å². The molecule has 0 saturated carbocycles. The Balaban J connectivity index is 2.29. The Morgan fingerprint density at radius 1 is 1.20 bits per heavy atom. The van der Waals surface area contributed by atoms with Gasteiger partial charge in [0.1, 0.15) is 0 Å². The van der Waals surface area contributed by atoms with Crippen LogP contribution in [0.25, 0.3) is 0 Å². The number of halogens is 2. The molecule has 0 fully saturated rings. The lowest BCUT2D eigenvalue weighted by molar-refractivity contribution is 0.738. The lowest BCUT2D eigenvalue weighted by Crippen LogP contribution is -2.21. The lowest BCUT2D eigenvalue weighted by atomic mass is 10.1. The van der Waals surface area contributed by atoms with E-state index in [9.17, 15) is 0 Å². The van der Waals surface area contributed by atoms with E-state index in [1.165, 1.54) is 5.56 Å². The van der Waals surface area contributed by atoms with E-state index in [1.807, 2.05) is 49.5 Å². The highest BCUT2D eigenvalue weighted by Gasteiger charge is 2.14. The van der Waals surface area contributed by atoms with Gasteiger partial charge < -0.3 is 4.90 Å². The van der Waals surface area contributed by atoms with E-state index in [-0.39, 0.29) is 6.04 Å². The van der Waals surface area contributed by atoms with Crippen molar-refractivity contribution in [2.24, 2.45) is 0 Å². The van der Waals surface area contributed by atoms with Crippen LogP contribution in [0.1, 0.15) is 24.1 Å². The first kappa shape index (κ1) is 14.9. The lowest BCUT2D eigenvalue weighted by Gasteiger charge is -2.28. The molecule has 1 atom stereocenters. The molecule has 0 aliphatic rings. The van der Waals surface area contributed by atoms with Gasteiger partial charge in [-0.2, -0.15) is 5.26 Å². The minimum atomic E-state index is 0.205. The SMILES string of the molecule is CC(c1ccc(Cl)cc1)N(C)c1ccc(C#N)cc1Br. The van der Waals surface area contributed by atoms with Gasteiger partial charge in [-0.3, -0.25) is 0 Å². The summed E-state index contributed by atoms with van der Waals surface area (Å²) in [5.41, 5.74) is 2.88. The van der Waals surface area contributed by atoms with Gasteiger partial charge in [0.05, 0.1) is 23.4 Å². The largest absolute Gasteiger partial charge is 0.367 e. The molecule has 2 rings (SSSR count). The van der Waals surface area contributed by atoms with Crippen LogP contribution >= 0.6 is 27.5 Å². The predicted octanol–water partition coefficient (Wildman–Crippen LogP) is 5.17. The number of hydrogen-bond donors (Lipinski definition) is 0. The van der Waals surface area contributed by atoms with Gasteiger partial charge in [0.25, 0.3) is 0 Å². The fraction of sp³-hybridized carbons (Fsp3) is 0.188. The molecular formula is C16H14BrClN2. The van der Waals surface area contributed by atoms with E-state index in [4.69, 9.17) is 16.9 Å². The van der Waals surface area contributed by atoms with Crippen LogP contribution in [-0.2, 0) is 0 Å². The summed E-state index contributed by atoms with van der Waals surface area (Å²) in [6, 6.07) is 15.8. The fourth-order valence-electron chi connectivity index (χ4n) is 2.04. The number of benzene rings is 2. The molecule has 0 N–H and O–H groups in total. The van der Waals surface area contributed by atoms with E-state index in [1.54, 1.807) is 0 Å². The molecule has 20 heavy (non-hydrogen) atoms. The summed E-state index contributed by atoms with van der Waals surface area (Å²) < 4.78 is 0.917. The third-order valence-corrected chi connectivity index (χ3v) is 4.28. The molecule has 0 aliphatic heterocycles. The van der Waals surface area contributed by atoms with Crippen molar-refractivity contribution in [3.8, 4) is 6.07 Å². The monoisotopic (exact) mass is 348 g/mol.